The highest BCUT2D eigenvalue weighted by atomic mass is 16.3. The molecule has 1 saturated carbocycles. The first-order valence-corrected chi connectivity index (χ1v) is 9.45. The SMILES string of the molecule is CNc1ncnc2c1ncn2[C@@H]1CC[C@@H](NC(=O)c2cccnc2C)[C@@H](O)[C@@H]1O. The highest BCUT2D eigenvalue weighted by Crippen LogP contribution is 2.32. The average Bonchev–Trinajstić information content (AvgIpc) is 3.16. The lowest BCUT2D eigenvalue weighted by molar-refractivity contribution is -0.0552. The molecule has 1 amide bonds. The lowest BCUT2D eigenvalue weighted by atomic mass is 9.85. The Bertz CT molecular complexity index is 1040. The Hall–Kier alpha value is -3.11. The standard InChI is InChI=1S/C19H23N7O3/c1-10-11(4-3-7-21-10)19(29)25-12-5-6-13(16(28)15(12)27)26-9-24-14-17(20-2)22-8-23-18(14)26/h3-4,7-9,12-13,15-16,27-28H,5-6H2,1-2H3,(H,25,29)(H,20,22,23)/t12-,13-,15-,16-/m1/s1. The number of pyridine rings is 1. The van der Waals surface area contributed by atoms with E-state index in [9.17, 15) is 15.0 Å². The van der Waals surface area contributed by atoms with Crippen molar-refractivity contribution in [3.05, 3.63) is 42.2 Å². The first kappa shape index (κ1) is 19.2. The van der Waals surface area contributed by atoms with E-state index in [1.165, 1.54) is 6.33 Å². The number of aromatic nitrogens is 5. The highest BCUT2D eigenvalue weighted by Gasteiger charge is 2.40. The summed E-state index contributed by atoms with van der Waals surface area (Å²) in [6.45, 7) is 1.75. The summed E-state index contributed by atoms with van der Waals surface area (Å²) in [5.74, 6) is 0.279. The molecule has 4 atom stereocenters. The fraction of sp³-hybridized carbons (Fsp3) is 0.421. The average molecular weight is 397 g/mol. The molecule has 4 N–H and O–H groups in total. The molecule has 3 heterocycles. The van der Waals surface area contributed by atoms with Crippen LogP contribution in [0.25, 0.3) is 11.2 Å². The minimum Gasteiger partial charge on any atom is -0.388 e. The topological polar surface area (TPSA) is 138 Å². The number of nitrogens with one attached hydrogen (secondary N) is 2. The molecule has 29 heavy (non-hydrogen) atoms. The molecular weight excluding hydrogens is 374 g/mol. The van der Waals surface area contributed by atoms with Gasteiger partial charge in [-0.15, -0.1) is 0 Å². The summed E-state index contributed by atoms with van der Waals surface area (Å²) < 4.78 is 1.76. The first-order valence-electron chi connectivity index (χ1n) is 9.45. The highest BCUT2D eigenvalue weighted by molar-refractivity contribution is 5.95. The lowest BCUT2D eigenvalue weighted by Crippen LogP contribution is -2.54. The molecule has 1 fully saturated rings. The Labute approximate surface area is 167 Å². The van der Waals surface area contributed by atoms with Crippen molar-refractivity contribution in [2.75, 3.05) is 12.4 Å². The number of carbonyl (C=O) groups is 1. The van der Waals surface area contributed by atoms with E-state index in [0.717, 1.165) is 0 Å². The van der Waals surface area contributed by atoms with Gasteiger partial charge < -0.3 is 25.4 Å². The fourth-order valence-corrected chi connectivity index (χ4v) is 3.87. The number of anilines is 1. The van der Waals surface area contributed by atoms with Crippen molar-refractivity contribution in [2.45, 2.75) is 44.1 Å². The summed E-state index contributed by atoms with van der Waals surface area (Å²) >= 11 is 0. The lowest BCUT2D eigenvalue weighted by Gasteiger charge is -2.38. The number of imidazole rings is 1. The first-order chi connectivity index (χ1) is 14.0. The van der Waals surface area contributed by atoms with Crippen LogP contribution in [0.4, 0.5) is 5.82 Å². The summed E-state index contributed by atoms with van der Waals surface area (Å²) in [5, 5.41) is 27.3. The molecule has 0 spiro atoms. The van der Waals surface area contributed by atoms with Crippen LogP contribution in [0.5, 0.6) is 0 Å². The van der Waals surface area contributed by atoms with Gasteiger partial charge in [0.1, 0.15) is 24.1 Å². The van der Waals surface area contributed by atoms with Crippen LogP contribution in [0.3, 0.4) is 0 Å². The zero-order chi connectivity index (χ0) is 20.5. The van der Waals surface area contributed by atoms with Crippen molar-refractivity contribution in [1.29, 1.82) is 0 Å². The molecule has 0 aromatic carbocycles. The molecule has 4 rings (SSSR count). The van der Waals surface area contributed by atoms with Gasteiger partial charge in [-0.3, -0.25) is 9.78 Å². The van der Waals surface area contributed by atoms with Gasteiger partial charge in [0.25, 0.3) is 5.91 Å². The van der Waals surface area contributed by atoms with Crippen molar-refractivity contribution in [3.8, 4) is 0 Å². The monoisotopic (exact) mass is 397 g/mol. The molecule has 1 aliphatic rings. The van der Waals surface area contributed by atoms with E-state index in [4.69, 9.17) is 0 Å². The summed E-state index contributed by atoms with van der Waals surface area (Å²) in [6, 6.07) is 2.40. The van der Waals surface area contributed by atoms with Crippen LogP contribution in [0, 0.1) is 6.92 Å². The van der Waals surface area contributed by atoms with Crippen molar-refractivity contribution >= 4 is 22.9 Å². The van der Waals surface area contributed by atoms with Crippen LogP contribution in [-0.4, -0.2) is 65.9 Å². The Morgan fingerprint density at radius 1 is 1.17 bits per heavy atom. The van der Waals surface area contributed by atoms with Crippen molar-refractivity contribution in [3.63, 3.8) is 0 Å². The third-order valence-corrected chi connectivity index (χ3v) is 5.45. The second-order valence-corrected chi connectivity index (χ2v) is 7.14. The Balaban J connectivity index is 1.53. The minimum absolute atomic E-state index is 0.315. The molecule has 1 aliphatic carbocycles. The van der Waals surface area contributed by atoms with Gasteiger partial charge in [-0.25, -0.2) is 15.0 Å². The normalized spacial score (nSPS) is 24.4. The van der Waals surface area contributed by atoms with Crippen LogP contribution < -0.4 is 10.6 Å². The minimum atomic E-state index is -1.13. The summed E-state index contributed by atoms with van der Waals surface area (Å²) in [5.41, 5.74) is 2.24. The molecule has 0 saturated heterocycles. The number of nitrogens with zero attached hydrogens (tertiary/aromatic N) is 5. The summed E-state index contributed by atoms with van der Waals surface area (Å²) in [7, 11) is 1.75. The number of fused-ring (bicyclic) bond motifs is 1. The van der Waals surface area contributed by atoms with Gasteiger partial charge in [-0.2, -0.15) is 0 Å². The quantitative estimate of drug-likeness (QED) is 0.497. The van der Waals surface area contributed by atoms with Gasteiger partial charge in [0.2, 0.25) is 0 Å². The maximum absolute atomic E-state index is 12.6. The van der Waals surface area contributed by atoms with Crippen LogP contribution in [0.15, 0.2) is 31.0 Å². The van der Waals surface area contributed by atoms with Crippen LogP contribution >= 0.6 is 0 Å². The third-order valence-electron chi connectivity index (χ3n) is 5.45. The Kier molecular flexibility index (Phi) is 5.12. The summed E-state index contributed by atoms with van der Waals surface area (Å²) in [6.07, 6.45) is 3.47. The number of carbonyl (C=O) groups excluding carboxylic acids is 1. The second kappa shape index (κ2) is 7.72. The smallest absolute Gasteiger partial charge is 0.253 e. The molecule has 152 valence electrons. The van der Waals surface area contributed by atoms with E-state index < -0.39 is 24.3 Å². The number of aliphatic hydroxyl groups is 2. The molecule has 0 aliphatic heterocycles. The van der Waals surface area contributed by atoms with Gasteiger partial charge in [0, 0.05) is 18.9 Å². The number of hydrogen-bond acceptors (Lipinski definition) is 8. The maximum atomic E-state index is 12.6. The van der Waals surface area contributed by atoms with Gasteiger partial charge in [-0.05, 0) is 31.9 Å². The predicted octanol–water partition coefficient (Wildman–Crippen LogP) is 0.427. The van der Waals surface area contributed by atoms with Gasteiger partial charge in [-0.1, -0.05) is 0 Å². The molecule has 10 heteroatoms. The van der Waals surface area contributed by atoms with Crippen molar-refractivity contribution in [2.24, 2.45) is 0 Å². The van der Waals surface area contributed by atoms with E-state index in [2.05, 4.69) is 30.6 Å². The zero-order valence-electron chi connectivity index (χ0n) is 16.1. The van der Waals surface area contributed by atoms with E-state index in [0.29, 0.717) is 41.1 Å². The summed E-state index contributed by atoms with van der Waals surface area (Å²) in [4.78, 5) is 29.4. The third kappa shape index (κ3) is 3.40. The number of rotatable bonds is 4. The van der Waals surface area contributed by atoms with Crippen molar-refractivity contribution < 1.29 is 15.0 Å². The van der Waals surface area contributed by atoms with Gasteiger partial charge in [0.05, 0.1) is 24.0 Å². The van der Waals surface area contributed by atoms with E-state index in [-0.39, 0.29) is 5.91 Å². The molecule has 3 aromatic rings. The molecule has 10 nitrogen and oxygen atoms in total. The fourth-order valence-electron chi connectivity index (χ4n) is 3.87. The van der Waals surface area contributed by atoms with Crippen LogP contribution in [0.2, 0.25) is 0 Å². The second-order valence-electron chi connectivity index (χ2n) is 7.14. The molecule has 3 aromatic heterocycles. The zero-order valence-corrected chi connectivity index (χ0v) is 16.1. The predicted molar refractivity (Wildman–Crippen MR) is 105 cm³/mol. The largest absolute Gasteiger partial charge is 0.388 e. The number of hydrogen-bond donors (Lipinski definition) is 4. The molecule has 0 radical (unpaired) electrons. The Morgan fingerprint density at radius 2 is 2.00 bits per heavy atom. The molecular formula is C19H23N7O3. The van der Waals surface area contributed by atoms with Crippen LogP contribution in [0.1, 0.15) is 34.9 Å². The maximum Gasteiger partial charge on any atom is 0.253 e. The van der Waals surface area contributed by atoms with Crippen molar-refractivity contribution in [1.82, 2.24) is 29.8 Å². The van der Waals surface area contributed by atoms with E-state index in [1.54, 1.807) is 43.2 Å². The van der Waals surface area contributed by atoms with Crippen LogP contribution in [-0.2, 0) is 0 Å². The Morgan fingerprint density at radius 3 is 2.76 bits per heavy atom. The number of aliphatic hydroxyl groups excluding tert-OH is 2. The van der Waals surface area contributed by atoms with Gasteiger partial charge in [0.15, 0.2) is 11.5 Å². The molecule has 0 unspecified atom stereocenters. The van der Waals surface area contributed by atoms with Gasteiger partial charge >= 0.3 is 0 Å². The number of amides is 1. The van der Waals surface area contributed by atoms with E-state index >= 15 is 0 Å². The molecule has 0 bridgehead atoms. The van der Waals surface area contributed by atoms with E-state index in [1.807, 2.05) is 0 Å². The number of aryl methyl sites for hydroxylation is 1.